The molecule has 1 fully saturated rings. The average molecular weight is 252 g/mol. The van der Waals surface area contributed by atoms with Crippen LogP contribution in [0.1, 0.15) is 19.5 Å². The highest BCUT2D eigenvalue weighted by molar-refractivity contribution is 8.14. The molecule has 1 atom stereocenters. The lowest BCUT2D eigenvalue weighted by atomic mass is 10.1. The Balaban J connectivity index is 1.78. The minimum atomic E-state index is 0.577. The van der Waals surface area contributed by atoms with Crippen molar-refractivity contribution in [2.75, 3.05) is 12.3 Å². The Kier molecular flexibility index (Phi) is 4.10. The summed E-state index contributed by atoms with van der Waals surface area (Å²) in [5.41, 5.74) is 1.11. The molecule has 0 saturated carbocycles. The van der Waals surface area contributed by atoms with E-state index in [1.807, 2.05) is 35.8 Å². The number of rotatable bonds is 4. The van der Waals surface area contributed by atoms with Crippen LogP contribution in [0.3, 0.4) is 0 Å². The van der Waals surface area contributed by atoms with Crippen molar-refractivity contribution in [3.05, 3.63) is 18.0 Å². The zero-order valence-corrected chi connectivity index (χ0v) is 11.5. The van der Waals surface area contributed by atoms with Crippen LogP contribution in [-0.4, -0.2) is 33.3 Å². The molecular weight excluding hydrogens is 232 g/mol. The normalized spacial score (nSPS) is 22.4. The fraction of sp³-hybridized carbons (Fsp3) is 0.667. The third-order valence-electron chi connectivity index (χ3n) is 2.91. The van der Waals surface area contributed by atoms with Gasteiger partial charge in [0.1, 0.15) is 0 Å². The third kappa shape index (κ3) is 3.49. The van der Waals surface area contributed by atoms with E-state index in [4.69, 9.17) is 0 Å². The summed E-state index contributed by atoms with van der Waals surface area (Å²) in [5.74, 6) is 1.81. The molecule has 0 aliphatic carbocycles. The standard InChI is InChI=1S/C12H20N4S/c1-9(2)11-8-17-12(14-11)13-6-4-10-5-7-16(3)15-10/h5,7,9,11H,4,6,8H2,1-3H3,(H,13,14). The van der Waals surface area contributed by atoms with Gasteiger partial charge in [0.25, 0.3) is 0 Å². The molecule has 1 aliphatic rings. The van der Waals surface area contributed by atoms with Gasteiger partial charge in [0.2, 0.25) is 0 Å². The number of thioether (sulfide) groups is 1. The molecule has 17 heavy (non-hydrogen) atoms. The van der Waals surface area contributed by atoms with Gasteiger partial charge in [-0.25, -0.2) is 0 Å². The smallest absolute Gasteiger partial charge is 0.156 e. The van der Waals surface area contributed by atoms with Crippen molar-refractivity contribution in [3.63, 3.8) is 0 Å². The van der Waals surface area contributed by atoms with Crippen molar-refractivity contribution in [2.24, 2.45) is 18.0 Å². The van der Waals surface area contributed by atoms with Crippen molar-refractivity contribution >= 4 is 16.9 Å². The molecule has 0 bridgehead atoms. The molecule has 0 aromatic carbocycles. The number of aliphatic imine (C=N–C) groups is 1. The zero-order chi connectivity index (χ0) is 12.3. The van der Waals surface area contributed by atoms with Gasteiger partial charge >= 0.3 is 0 Å². The first-order valence-corrected chi connectivity index (χ1v) is 7.06. The third-order valence-corrected chi connectivity index (χ3v) is 3.95. The Morgan fingerprint density at radius 3 is 3.06 bits per heavy atom. The Morgan fingerprint density at radius 1 is 1.65 bits per heavy atom. The van der Waals surface area contributed by atoms with Gasteiger partial charge in [-0.05, 0) is 12.0 Å². The maximum atomic E-state index is 4.58. The predicted molar refractivity (Wildman–Crippen MR) is 73.4 cm³/mol. The fourth-order valence-corrected chi connectivity index (χ4v) is 2.95. The van der Waals surface area contributed by atoms with Gasteiger partial charge < -0.3 is 5.32 Å². The number of hydrogen-bond acceptors (Lipinski definition) is 3. The first kappa shape index (κ1) is 12.5. The minimum Gasteiger partial charge on any atom is -0.361 e. The monoisotopic (exact) mass is 252 g/mol. The maximum Gasteiger partial charge on any atom is 0.156 e. The van der Waals surface area contributed by atoms with Gasteiger partial charge in [0, 0.05) is 38.0 Å². The summed E-state index contributed by atoms with van der Waals surface area (Å²) < 4.78 is 1.83. The highest BCUT2D eigenvalue weighted by Crippen LogP contribution is 2.18. The molecule has 1 aliphatic heterocycles. The molecule has 5 heteroatoms. The van der Waals surface area contributed by atoms with E-state index in [0.29, 0.717) is 12.0 Å². The number of hydrogen-bond donors (Lipinski definition) is 1. The summed E-state index contributed by atoms with van der Waals surface area (Å²) in [4.78, 5) is 4.58. The topological polar surface area (TPSA) is 42.2 Å². The van der Waals surface area contributed by atoms with Crippen LogP contribution in [0.25, 0.3) is 0 Å². The second-order valence-corrected chi connectivity index (χ2v) is 5.73. The van der Waals surface area contributed by atoms with Crippen molar-refractivity contribution in [1.82, 2.24) is 15.1 Å². The van der Waals surface area contributed by atoms with Crippen LogP contribution in [0.4, 0.5) is 0 Å². The second kappa shape index (κ2) is 5.58. The Labute approximate surface area is 107 Å². The van der Waals surface area contributed by atoms with E-state index in [9.17, 15) is 0 Å². The lowest BCUT2D eigenvalue weighted by molar-refractivity contribution is 0.503. The van der Waals surface area contributed by atoms with Crippen LogP contribution in [0, 0.1) is 5.92 Å². The number of aromatic nitrogens is 2. The van der Waals surface area contributed by atoms with Crippen molar-refractivity contribution in [3.8, 4) is 0 Å². The molecule has 1 N–H and O–H groups in total. The molecule has 94 valence electrons. The van der Waals surface area contributed by atoms with Gasteiger partial charge in [-0.3, -0.25) is 9.67 Å². The van der Waals surface area contributed by atoms with Crippen molar-refractivity contribution < 1.29 is 0 Å². The first-order valence-electron chi connectivity index (χ1n) is 6.07. The molecule has 0 amide bonds. The largest absolute Gasteiger partial charge is 0.361 e. The number of nitrogens with one attached hydrogen (secondary N) is 1. The molecule has 0 spiro atoms. The summed E-state index contributed by atoms with van der Waals surface area (Å²) in [5, 5.41) is 8.90. The van der Waals surface area contributed by atoms with E-state index in [0.717, 1.165) is 29.6 Å². The number of amidine groups is 1. The van der Waals surface area contributed by atoms with Crippen LogP contribution >= 0.6 is 11.8 Å². The molecule has 1 aromatic heterocycles. The lowest BCUT2D eigenvalue weighted by Crippen LogP contribution is -2.31. The fourth-order valence-electron chi connectivity index (χ4n) is 1.73. The minimum absolute atomic E-state index is 0.577. The Bertz CT molecular complexity index is 397. The second-order valence-electron chi connectivity index (χ2n) is 4.72. The number of aryl methyl sites for hydroxylation is 1. The van der Waals surface area contributed by atoms with Crippen LogP contribution in [0.2, 0.25) is 0 Å². The molecule has 4 nitrogen and oxygen atoms in total. The lowest BCUT2D eigenvalue weighted by Gasteiger charge is -2.12. The zero-order valence-electron chi connectivity index (χ0n) is 10.7. The van der Waals surface area contributed by atoms with E-state index in [1.54, 1.807) is 0 Å². The maximum absolute atomic E-state index is 4.58. The quantitative estimate of drug-likeness (QED) is 0.886. The van der Waals surface area contributed by atoms with Gasteiger partial charge in [0.05, 0.1) is 5.69 Å². The summed E-state index contributed by atoms with van der Waals surface area (Å²) >= 11 is 1.83. The van der Waals surface area contributed by atoms with Gasteiger partial charge in [-0.1, -0.05) is 25.6 Å². The molecule has 1 aromatic rings. The summed E-state index contributed by atoms with van der Waals surface area (Å²) in [6, 6.07) is 2.63. The van der Waals surface area contributed by atoms with Crippen LogP contribution < -0.4 is 5.32 Å². The highest BCUT2D eigenvalue weighted by atomic mass is 32.2. The van der Waals surface area contributed by atoms with Gasteiger partial charge in [-0.2, -0.15) is 5.10 Å². The van der Waals surface area contributed by atoms with Crippen molar-refractivity contribution in [1.29, 1.82) is 0 Å². The van der Waals surface area contributed by atoms with E-state index in [-0.39, 0.29) is 0 Å². The first-order chi connectivity index (χ1) is 8.15. The van der Waals surface area contributed by atoms with Crippen LogP contribution in [-0.2, 0) is 13.5 Å². The SMILES string of the molecule is CC(C)C1CSC(=NCCc2ccn(C)n2)N1. The van der Waals surface area contributed by atoms with Crippen LogP contribution in [0.5, 0.6) is 0 Å². The molecule has 0 radical (unpaired) electrons. The van der Waals surface area contributed by atoms with E-state index in [1.165, 1.54) is 0 Å². The molecule has 2 heterocycles. The Hall–Kier alpha value is -0.970. The van der Waals surface area contributed by atoms with Gasteiger partial charge in [0.15, 0.2) is 5.17 Å². The van der Waals surface area contributed by atoms with E-state index in [2.05, 4.69) is 29.3 Å². The summed E-state index contributed by atoms with van der Waals surface area (Å²) in [7, 11) is 1.94. The number of nitrogens with zero attached hydrogens (tertiary/aromatic N) is 3. The van der Waals surface area contributed by atoms with Crippen molar-refractivity contribution in [2.45, 2.75) is 26.3 Å². The Morgan fingerprint density at radius 2 is 2.47 bits per heavy atom. The molecule has 2 rings (SSSR count). The molecular formula is C12H20N4S. The average Bonchev–Trinajstić information content (AvgIpc) is 2.88. The van der Waals surface area contributed by atoms with E-state index >= 15 is 0 Å². The molecule has 1 saturated heterocycles. The van der Waals surface area contributed by atoms with E-state index < -0.39 is 0 Å². The predicted octanol–water partition coefficient (Wildman–Crippen LogP) is 1.68. The summed E-state index contributed by atoms with van der Waals surface area (Å²) in [6.07, 6.45) is 2.89. The molecule has 1 unspecified atom stereocenters. The van der Waals surface area contributed by atoms with Gasteiger partial charge in [-0.15, -0.1) is 0 Å². The van der Waals surface area contributed by atoms with Crippen LogP contribution in [0.15, 0.2) is 17.3 Å². The summed E-state index contributed by atoms with van der Waals surface area (Å²) in [6.45, 7) is 5.31. The highest BCUT2D eigenvalue weighted by Gasteiger charge is 2.22.